The third-order valence-corrected chi connectivity index (χ3v) is 4.63. The minimum Gasteiger partial charge on any atom is -0.394 e. The largest absolute Gasteiger partial charge is 0.394 e. The number of aliphatic hydroxyl groups is 1. The predicted octanol–water partition coefficient (Wildman–Crippen LogP) is 2.54. The molecule has 1 aliphatic rings. The van der Waals surface area contributed by atoms with Crippen molar-refractivity contribution in [3.05, 3.63) is 0 Å². The molecule has 0 heterocycles. The fourth-order valence-corrected chi connectivity index (χ4v) is 3.35. The molecule has 0 aliphatic heterocycles. The van der Waals surface area contributed by atoms with E-state index in [4.69, 9.17) is 10.8 Å². The number of thioether (sulfide) groups is 1. The lowest BCUT2D eigenvalue weighted by molar-refractivity contribution is 0.200. The Kier molecular flexibility index (Phi) is 6.02. The van der Waals surface area contributed by atoms with Crippen LogP contribution in [0, 0.1) is 0 Å². The first-order chi connectivity index (χ1) is 7.14. The highest BCUT2D eigenvalue weighted by Gasteiger charge is 2.17. The van der Waals surface area contributed by atoms with Gasteiger partial charge in [-0.25, -0.2) is 0 Å². The second-order valence-corrected chi connectivity index (χ2v) is 6.45. The van der Waals surface area contributed by atoms with Gasteiger partial charge in [-0.15, -0.1) is 0 Å². The normalized spacial score (nSPS) is 22.6. The summed E-state index contributed by atoms with van der Waals surface area (Å²) in [7, 11) is 0. The van der Waals surface area contributed by atoms with Crippen molar-refractivity contribution in [3.63, 3.8) is 0 Å². The van der Waals surface area contributed by atoms with E-state index in [1.54, 1.807) is 0 Å². The van der Waals surface area contributed by atoms with Gasteiger partial charge < -0.3 is 10.8 Å². The zero-order valence-corrected chi connectivity index (χ0v) is 10.7. The van der Waals surface area contributed by atoms with Gasteiger partial charge in [0.1, 0.15) is 0 Å². The summed E-state index contributed by atoms with van der Waals surface area (Å²) in [6, 6.07) is 0. The maximum Gasteiger partial charge on any atom is 0.0608 e. The van der Waals surface area contributed by atoms with E-state index in [1.807, 2.05) is 6.92 Å². The van der Waals surface area contributed by atoms with Crippen molar-refractivity contribution in [2.24, 2.45) is 5.73 Å². The van der Waals surface area contributed by atoms with Crippen LogP contribution in [0.25, 0.3) is 0 Å². The Labute approximate surface area is 98.0 Å². The zero-order valence-electron chi connectivity index (χ0n) is 9.87. The fraction of sp³-hybridized carbons (Fsp3) is 1.00. The van der Waals surface area contributed by atoms with Crippen LogP contribution >= 0.6 is 11.8 Å². The van der Waals surface area contributed by atoms with Crippen molar-refractivity contribution in [2.75, 3.05) is 12.4 Å². The van der Waals surface area contributed by atoms with Crippen LogP contribution in [0.3, 0.4) is 0 Å². The van der Waals surface area contributed by atoms with Crippen LogP contribution in [-0.2, 0) is 0 Å². The van der Waals surface area contributed by atoms with Crippen molar-refractivity contribution in [3.8, 4) is 0 Å². The molecule has 0 saturated heterocycles. The topological polar surface area (TPSA) is 46.2 Å². The van der Waals surface area contributed by atoms with E-state index in [0.717, 1.165) is 18.1 Å². The van der Waals surface area contributed by atoms with Gasteiger partial charge in [0.15, 0.2) is 0 Å². The first-order valence-corrected chi connectivity index (χ1v) is 7.20. The monoisotopic (exact) mass is 231 g/mol. The SMILES string of the molecule is CC(N)(CO)CCCSC1CCCCC1. The average Bonchev–Trinajstić information content (AvgIpc) is 2.26. The van der Waals surface area contributed by atoms with Gasteiger partial charge in [-0.05, 0) is 38.4 Å². The maximum atomic E-state index is 9.01. The smallest absolute Gasteiger partial charge is 0.0608 e. The highest BCUT2D eigenvalue weighted by Crippen LogP contribution is 2.29. The summed E-state index contributed by atoms with van der Waals surface area (Å²) >= 11 is 2.11. The molecule has 0 aromatic carbocycles. The lowest BCUT2D eigenvalue weighted by atomic mass is 9.99. The van der Waals surface area contributed by atoms with Crippen molar-refractivity contribution in [1.82, 2.24) is 0 Å². The molecule has 1 fully saturated rings. The summed E-state index contributed by atoms with van der Waals surface area (Å²) in [6.45, 7) is 2.03. The van der Waals surface area contributed by atoms with E-state index < -0.39 is 0 Å². The highest BCUT2D eigenvalue weighted by atomic mass is 32.2. The van der Waals surface area contributed by atoms with Gasteiger partial charge in [-0.2, -0.15) is 11.8 Å². The summed E-state index contributed by atoms with van der Waals surface area (Å²) in [5, 5.41) is 9.91. The molecule has 1 unspecified atom stereocenters. The van der Waals surface area contributed by atoms with Crippen LogP contribution < -0.4 is 5.73 Å². The predicted molar refractivity (Wildman–Crippen MR) is 68.2 cm³/mol. The van der Waals surface area contributed by atoms with Crippen molar-refractivity contribution in [1.29, 1.82) is 0 Å². The number of rotatable bonds is 6. The molecule has 3 heteroatoms. The molecule has 2 nitrogen and oxygen atoms in total. The summed E-state index contributed by atoms with van der Waals surface area (Å²) in [4.78, 5) is 0. The van der Waals surface area contributed by atoms with Crippen LogP contribution in [0.4, 0.5) is 0 Å². The molecule has 90 valence electrons. The molecule has 15 heavy (non-hydrogen) atoms. The number of hydrogen-bond donors (Lipinski definition) is 2. The summed E-state index contributed by atoms with van der Waals surface area (Å²) in [5.41, 5.74) is 5.51. The molecule has 0 aromatic heterocycles. The van der Waals surface area contributed by atoms with Crippen molar-refractivity contribution < 1.29 is 5.11 Å². The molecule has 0 amide bonds. The lowest BCUT2D eigenvalue weighted by Crippen LogP contribution is -2.40. The van der Waals surface area contributed by atoms with Gasteiger partial charge in [0, 0.05) is 10.8 Å². The van der Waals surface area contributed by atoms with Gasteiger partial charge in [-0.1, -0.05) is 19.3 Å². The number of aliphatic hydroxyl groups excluding tert-OH is 1. The van der Waals surface area contributed by atoms with Crippen LogP contribution in [0.15, 0.2) is 0 Å². The molecule has 1 rings (SSSR count). The quantitative estimate of drug-likeness (QED) is 0.691. The number of hydrogen-bond acceptors (Lipinski definition) is 3. The molecule has 1 atom stereocenters. The molecular weight excluding hydrogens is 206 g/mol. The minimum absolute atomic E-state index is 0.0983. The second-order valence-electron chi connectivity index (χ2n) is 5.05. The van der Waals surface area contributed by atoms with Crippen LogP contribution in [-0.4, -0.2) is 28.3 Å². The van der Waals surface area contributed by atoms with E-state index >= 15 is 0 Å². The van der Waals surface area contributed by atoms with E-state index in [2.05, 4.69) is 11.8 Å². The second kappa shape index (κ2) is 6.77. The molecule has 0 bridgehead atoms. The Balaban J connectivity index is 2.00. The molecule has 0 radical (unpaired) electrons. The molecular formula is C12H25NOS. The van der Waals surface area contributed by atoms with Crippen LogP contribution in [0.5, 0.6) is 0 Å². The summed E-state index contributed by atoms with van der Waals surface area (Å²) in [5.74, 6) is 1.21. The first kappa shape index (κ1) is 13.3. The standard InChI is InChI=1S/C12H25NOS/c1-12(13,10-14)8-5-9-15-11-6-3-2-4-7-11/h11,14H,2-10,13H2,1H3. The van der Waals surface area contributed by atoms with Gasteiger partial charge in [-0.3, -0.25) is 0 Å². The van der Waals surface area contributed by atoms with Crippen LogP contribution in [0.1, 0.15) is 51.9 Å². The van der Waals surface area contributed by atoms with Gasteiger partial charge in [0.05, 0.1) is 6.61 Å². The van der Waals surface area contributed by atoms with Gasteiger partial charge in [0.25, 0.3) is 0 Å². The third-order valence-electron chi connectivity index (χ3n) is 3.16. The van der Waals surface area contributed by atoms with Crippen molar-refractivity contribution in [2.45, 2.75) is 62.7 Å². The first-order valence-electron chi connectivity index (χ1n) is 6.15. The van der Waals surface area contributed by atoms with Crippen molar-refractivity contribution >= 4 is 11.8 Å². The summed E-state index contributed by atoms with van der Waals surface area (Å²) in [6.07, 6.45) is 9.15. The minimum atomic E-state index is -0.368. The van der Waals surface area contributed by atoms with Gasteiger partial charge >= 0.3 is 0 Å². The highest BCUT2D eigenvalue weighted by molar-refractivity contribution is 7.99. The number of nitrogens with two attached hydrogens (primary N) is 1. The maximum absolute atomic E-state index is 9.01. The molecule has 1 saturated carbocycles. The zero-order chi connectivity index (χ0) is 11.1. The van der Waals surface area contributed by atoms with E-state index in [-0.39, 0.29) is 12.1 Å². The molecule has 1 aliphatic carbocycles. The fourth-order valence-electron chi connectivity index (χ4n) is 2.04. The van der Waals surface area contributed by atoms with E-state index in [9.17, 15) is 0 Å². The Hall–Kier alpha value is 0.270. The Morgan fingerprint density at radius 1 is 1.33 bits per heavy atom. The Morgan fingerprint density at radius 2 is 2.00 bits per heavy atom. The summed E-state index contributed by atoms with van der Waals surface area (Å²) < 4.78 is 0. The molecule has 0 spiro atoms. The average molecular weight is 231 g/mol. The van der Waals surface area contributed by atoms with E-state index in [1.165, 1.54) is 37.9 Å². The third kappa shape index (κ3) is 5.79. The molecule has 0 aromatic rings. The van der Waals surface area contributed by atoms with Crippen LogP contribution in [0.2, 0.25) is 0 Å². The molecule has 3 N–H and O–H groups in total. The van der Waals surface area contributed by atoms with Gasteiger partial charge in [0.2, 0.25) is 0 Å². The Bertz CT molecular complexity index is 167. The lowest BCUT2D eigenvalue weighted by Gasteiger charge is -2.23. The Morgan fingerprint density at radius 3 is 2.60 bits per heavy atom. The van der Waals surface area contributed by atoms with E-state index in [0.29, 0.717) is 0 Å².